The lowest BCUT2D eigenvalue weighted by molar-refractivity contribution is -0.132. The minimum atomic E-state index is -0.958. The van der Waals surface area contributed by atoms with Crippen LogP contribution in [0.1, 0.15) is 20.3 Å². The second-order valence-electron chi connectivity index (χ2n) is 7.98. The summed E-state index contributed by atoms with van der Waals surface area (Å²) in [6, 6.07) is 15.2. The topological polar surface area (TPSA) is 71.1 Å². The molecule has 0 atom stereocenters. The van der Waals surface area contributed by atoms with Crippen LogP contribution in [0.3, 0.4) is 0 Å². The summed E-state index contributed by atoms with van der Waals surface area (Å²) >= 11 is 0. The van der Waals surface area contributed by atoms with Gasteiger partial charge in [0.15, 0.2) is 5.60 Å². The molecule has 7 heteroatoms. The summed E-state index contributed by atoms with van der Waals surface area (Å²) in [7, 11) is 0. The van der Waals surface area contributed by atoms with Crippen molar-refractivity contribution in [3.05, 3.63) is 48.5 Å². The Labute approximate surface area is 176 Å². The van der Waals surface area contributed by atoms with E-state index < -0.39 is 5.60 Å². The van der Waals surface area contributed by atoms with Gasteiger partial charge in [-0.2, -0.15) is 0 Å². The number of nitrogens with zero attached hydrogens (tertiary/aromatic N) is 2. The van der Waals surface area contributed by atoms with Gasteiger partial charge in [-0.05, 0) is 50.2 Å². The number of carbonyl (C=O) groups is 2. The Balaban J connectivity index is 1.37. The molecule has 30 heavy (non-hydrogen) atoms. The van der Waals surface area contributed by atoms with E-state index in [0.717, 1.165) is 37.7 Å². The molecule has 2 aromatic carbocycles. The second kappa shape index (κ2) is 8.36. The SMILES string of the molecule is CC1(C)Oc2ccccc2N(CCC(=O)Nc2ccc(N3CCOCC3)cc2)C1=O. The molecule has 2 aromatic rings. The van der Waals surface area contributed by atoms with Crippen LogP contribution in [0.25, 0.3) is 0 Å². The van der Waals surface area contributed by atoms with Gasteiger partial charge in [-0.3, -0.25) is 9.59 Å². The van der Waals surface area contributed by atoms with Crippen molar-refractivity contribution in [2.45, 2.75) is 25.9 Å². The molecular weight excluding hydrogens is 382 g/mol. The van der Waals surface area contributed by atoms with E-state index in [1.807, 2.05) is 48.5 Å². The first kappa shape index (κ1) is 20.2. The van der Waals surface area contributed by atoms with Gasteiger partial charge in [-0.25, -0.2) is 0 Å². The molecule has 4 rings (SSSR count). The van der Waals surface area contributed by atoms with Gasteiger partial charge in [0.05, 0.1) is 18.9 Å². The van der Waals surface area contributed by atoms with Crippen LogP contribution in [0.4, 0.5) is 17.1 Å². The average Bonchev–Trinajstić information content (AvgIpc) is 2.75. The minimum Gasteiger partial charge on any atom is -0.476 e. The third kappa shape index (κ3) is 4.26. The number of fused-ring (bicyclic) bond motifs is 1. The highest BCUT2D eigenvalue weighted by molar-refractivity contribution is 6.03. The van der Waals surface area contributed by atoms with Crippen LogP contribution in [-0.2, 0) is 14.3 Å². The fourth-order valence-corrected chi connectivity index (χ4v) is 3.76. The van der Waals surface area contributed by atoms with Gasteiger partial charge in [0.25, 0.3) is 5.91 Å². The molecule has 1 N–H and O–H groups in total. The lowest BCUT2D eigenvalue weighted by Crippen LogP contribution is -2.53. The summed E-state index contributed by atoms with van der Waals surface area (Å²) in [5.41, 5.74) is 1.60. The van der Waals surface area contributed by atoms with Crippen LogP contribution < -0.4 is 19.9 Å². The Morgan fingerprint density at radius 3 is 2.50 bits per heavy atom. The van der Waals surface area contributed by atoms with E-state index in [0.29, 0.717) is 18.0 Å². The average molecular weight is 409 g/mol. The minimum absolute atomic E-state index is 0.135. The molecule has 1 saturated heterocycles. The van der Waals surface area contributed by atoms with E-state index in [4.69, 9.17) is 9.47 Å². The quantitative estimate of drug-likeness (QED) is 0.822. The molecular formula is C23H27N3O4. The van der Waals surface area contributed by atoms with Gasteiger partial charge in [0.2, 0.25) is 5.91 Å². The molecule has 0 aromatic heterocycles. The molecule has 2 aliphatic heterocycles. The van der Waals surface area contributed by atoms with E-state index in [1.54, 1.807) is 18.7 Å². The zero-order chi connectivity index (χ0) is 21.1. The summed E-state index contributed by atoms with van der Waals surface area (Å²) in [6.45, 7) is 6.99. The number of anilines is 3. The Bertz CT molecular complexity index is 920. The number of ether oxygens (including phenoxy) is 2. The second-order valence-corrected chi connectivity index (χ2v) is 7.98. The third-order valence-corrected chi connectivity index (χ3v) is 5.37. The molecule has 0 radical (unpaired) electrons. The third-order valence-electron chi connectivity index (χ3n) is 5.37. The number of carbonyl (C=O) groups excluding carboxylic acids is 2. The highest BCUT2D eigenvalue weighted by Gasteiger charge is 2.40. The molecule has 0 bridgehead atoms. The van der Waals surface area contributed by atoms with Crippen LogP contribution in [0.5, 0.6) is 5.75 Å². The summed E-state index contributed by atoms with van der Waals surface area (Å²) in [6.07, 6.45) is 0.196. The Morgan fingerprint density at radius 2 is 1.77 bits per heavy atom. The normalized spacial score (nSPS) is 17.9. The molecule has 0 spiro atoms. The molecule has 2 heterocycles. The van der Waals surface area contributed by atoms with Crippen LogP contribution >= 0.6 is 0 Å². The number of nitrogens with one attached hydrogen (secondary N) is 1. The summed E-state index contributed by atoms with van der Waals surface area (Å²) in [5.74, 6) is 0.369. The van der Waals surface area contributed by atoms with Gasteiger partial charge >= 0.3 is 0 Å². The number of rotatable bonds is 5. The van der Waals surface area contributed by atoms with Crippen molar-refractivity contribution >= 4 is 28.9 Å². The largest absolute Gasteiger partial charge is 0.476 e. The standard InChI is InChI=1S/C23H27N3O4/c1-23(2)22(28)26(19-5-3-4-6-20(19)30-23)12-11-21(27)24-17-7-9-18(10-8-17)25-13-15-29-16-14-25/h3-10H,11-16H2,1-2H3,(H,24,27). The highest BCUT2D eigenvalue weighted by atomic mass is 16.5. The number of morpholine rings is 1. The zero-order valence-electron chi connectivity index (χ0n) is 17.4. The molecule has 2 aliphatic rings. The first-order valence-electron chi connectivity index (χ1n) is 10.3. The van der Waals surface area contributed by atoms with Gasteiger partial charge < -0.3 is 24.6 Å². The smallest absolute Gasteiger partial charge is 0.270 e. The lowest BCUT2D eigenvalue weighted by atomic mass is 10.0. The summed E-state index contributed by atoms with van der Waals surface area (Å²) in [5, 5.41) is 2.92. The fraction of sp³-hybridized carbons (Fsp3) is 0.391. The van der Waals surface area contributed by atoms with Crippen molar-refractivity contribution in [1.82, 2.24) is 0 Å². The molecule has 7 nitrogen and oxygen atoms in total. The number of hydrogen-bond acceptors (Lipinski definition) is 5. The maximum absolute atomic E-state index is 12.8. The summed E-state index contributed by atoms with van der Waals surface area (Å²) in [4.78, 5) is 29.2. The summed E-state index contributed by atoms with van der Waals surface area (Å²) < 4.78 is 11.2. The van der Waals surface area contributed by atoms with Crippen LogP contribution in [0.15, 0.2) is 48.5 Å². The van der Waals surface area contributed by atoms with Crippen molar-refractivity contribution in [3.8, 4) is 5.75 Å². The van der Waals surface area contributed by atoms with Crippen molar-refractivity contribution in [2.24, 2.45) is 0 Å². The van der Waals surface area contributed by atoms with Crippen LogP contribution in [-0.4, -0.2) is 50.3 Å². The van der Waals surface area contributed by atoms with Crippen LogP contribution in [0, 0.1) is 0 Å². The maximum Gasteiger partial charge on any atom is 0.270 e. The Morgan fingerprint density at radius 1 is 1.07 bits per heavy atom. The van der Waals surface area contributed by atoms with Gasteiger partial charge in [0, 0.05) is 37.4 Å². The monoisotopic (exact) mass is 409 g/mol. The van der Waals surface area contributed by atoms with E-state index >= 15 is 0 Å². The number of benzene rings is 2. The van der Waals surface area contributed by atoms with Gasteiger partial charge in [-0.15, -0.1) is 0 Å². The van der Waals surface area contributed by atoms with E-state index in [2.05, 4.69) is 10.2 Å². The zero-order valence-corrected chi connectivity index (χ0v) is 17.4. The van der Waals surface area contributed by atoms with Crippen LogP contribution in [0.2, 0.25) is 0 Å². The number of amides is 2. The molecule has 1 fully saturated rings. The molecule has 158 valence electrons. The van der Waals surface area contributed by atoms with Crippen molar-refractivity contribution in [1.29, 1.82) is 0 Å². The number of hydrogen-bond donors (Lipinski definition) is 1. The highest BCUT2D eigenvalue weighted by Crippen LogP contribution is 2.37. The predicted molar refractivity (Wildman–Crippen MR) is 116 cm³/mol. The van der Waals surface area contributed by atoms with Crippen molar-refractivity contribution in [3.63, 3.8) is 0 Å². The maximum atomic E-state index is 12.8. The van der Waals surface area contributed by atoms with Gasteiger partial charge in [0.1, 0.15) is 5.75 Å². The first-order valence-corrected chi connectivity index (χ1v) is 10.3. The molecule has 0 saturated carbocycles. The lowest BCUT2D eigenvalue weighted by Gasteiger charge is -2.38. The molecule has 0 aliphatic carbocycles. The Hall–Kier alpha value is -3.06. The van der Waals surface area contributed by atoms with Crippen molar-refractivity contribution in [2.75, 3.05) is 48.0 Å². The predicted octanol–water partition coefficient (Wildman–Crippen LogP) is 3.06. The number of para-hydroxylation sites is 2. The van der Waals surface area contributed by atoms with Gasteiger partial charge in [-0.1, -0.05) is 12.1 Å². The van der Waals surface area contributed by atoms with E-state index in [1.165, 1.54) is 0 Å². The molecule has 0 unspecified atom stereocenters. The molecule has 2 amide bonds. The Kier molecular flexibility index (Phi) is 5.63. The van der Waals surface area contributed by atoms with Crippen molar-refractivity contribution < 1.29 is 19.1 Å². The van der Waals surface area contributed by atoms with E-state index in [9.17, 15) is 9.59 Å². The van der Waals surface area contributed by atoms with E-state index in [-0.39, 0.29) is 18.2 Å². The fourth-order valence-electron chi connectivity index (χ4n) is 3.76. The first-order chi connectivity index (χ1) is 14.4.